The van der Waals surface area contributed by atoms with Gasteiger partial charge in [-0.15, -0.1) is 0 Å². The van der Waals surface area contributed by atoms with E-state index in [2.05, 4.69) is 255 Å². The zero-order valence-corrected chi connectivity index (χ0v) is 40.0. The van der Waals surface area contributed by atoms with E-state index in [1.54, 1.807) is 0 Å². The Labute approximate surface area is 420 Å². The summed E-state index contributed by atoms with van der Waals surface area (Å²) in [6, 6.07) is 89.6. The number of ketones is 1. The van der Waals surface area contributed by atoms with Gasteiger partial charge >= 0.3 is 0 Å². The van der Waals surface area contributed by atoms with Gasteiger partial charge in [0.05, 0.1) is 5.41 Å². The molecule has 1 spiro atoms. The molecule has 0 radical (unpaired) electrons. The Morgan fingerprint density at radius 2 is 0.694 bits per heavy atom. The Morgan fingerprint density at radius 1 is 0.306 bits per heavy atom. The molecule has 0 heterocycles. The van der Waals surface area contributed by atoms with Crippen molar-refractivity contribution in [1.82, 2.24) is 0 Å². The first kappa shape index (κ1) is 41.8. The SMILES string of the molecule is Cc1cc(N(c2ccccc2)c2ccccc2)c(C)cc1-c1ccc2c(c1)-c1ccccc1-c1ccc(C(=O)c3ccc4c(c3)C3(c5ccccc5-c5ccccc53)c3ccccc3-4)cc1-c1ccccc1-2. The molecule has 0 bridgehead atoms. The number of rotatable bonds is 6. The number of aryl methyl sites for hydroxylation is 2. The molecule has 338 valence electrons. The van der Waals surface area contributed by atoms with E-state index in [1.165, 1.54) is 66.8 Å². The summed E-state index contributed by atoms with van der Waals surface area (Å²) in [6.07, 6.45) is 0. The highest BCUT2D eigenvalue weighted by Gasteiger charge is 2.51. The molecular weight excluding hydrogens is 871 g/mol. The topological polar surface area (TPSA) is 20.3 Å². The maximum absolute atomic E-state index is 15.2. The Kier molecular flexibility index (Phi) is 9.43. The van der Waals surface area contributed by atoms with Crippen LogP contribution in [0.3, 0.4) is 0 Å². The van der Waals surface area contributed by atoms with Crippen LogP contribution in [0.2, 0.25) is 0 Å². The van der Waals surface area contributed by atoms with Gasteiger partial charge in [-0.05, 0) is 180 Å². The average Bonchev–Trinajstić information content (AvgIpc) is 3.91. The summed E-state index contributed by atoms with van der Waals surface area (Å²) in [5, 5.41) is 0. The van der Waals surface area contributed by atoms with Gasteiger partial charge in [-0.3, -0.25) is 4.79 Å². The van der Waals surface area contributed by atoms with Crippen LogP contribution in [0.1, 0.15) is 49.3 Å². The number of nitrogens with zero attached hydrogens (tertiary/aromatic N) is 1. The largest absolute Gasteiger partial charge is 0.310 e. The number of carbonyl (C=O) groups is 1. The monoisotopic (exact) mass is 917 g/mol. The van der Waals surface area contributed by atoms with Crippen molar-refractivity contribution in [2.75, 3.05) is 4.90 Å². The third kappa shape index (κ3) is 6.12. The lowest BCUT2D eigenvalue weighted by atomic mass is 9.70. The molecule has 0 unspecified atom stereocenters. The summed E-state index contributed by atoms with van der Waals surface area (Å²) in [6.45, 7) is 4.45. The van der Waals surface area contributed by atoms with Crippen LogP contribution in [0.25, 0.3) is 77.9 Å². The Hall–Kier alpha value is -9.11. The van der Waals surface area contributed by atoms with E-state index in [1.807, 2.05) is 12.1 Å². The summed E-state index contributed by atoms with van der Waals surface area (Å²) in [5.74, 6) is 0.0106. The lowest BCUT2D eigenvalue weighted by Gasteiger charge is -2.30. The van der Waals surface area contributed by atoms with Gasteiger partial charge in [-0.1, -0.05) is 194 Å². The first-order valence-electron chi connectivity index (χ1n) is 25.0. The molecule has 2 nitrogen and oxygen atoms in total. The van der Waals surface area contributed by atoms with Gasteiger partial charge in [-0.25, -0.2) is 0 Å². The van der Waals surface area contributed by atoms with Gasteiger partial charge in [0.25, 0.3) is 0 Å². The molecule has 0 fully saturated rings. The van der Waals surface area contributed by atoms with Gasteiger partial charge in [0, 0.05) is 28.2 Å². The molecule has 2 heteroatoms. The lowest BCUT2D eigenvalue weighted by Crippen LogP contribution is -2.26. The van der Waals surface area contributed by atoms with Crippen LogP contribution in [0.5, 0.6) is 0 Å². The van der Waals surface area contributed by atoms with E-state index in [0.29, 0.717) is 11.1 Å². The molecule has 0 amide bonds. The fraction of sp³-hybridized carbons (Fsp3) is 0.0429. The highest BCUT2D eigenvalue weighted by atomic mass is 16.1. The predicted molar refractivity (Wildman–Crippen MR) is 298 cm³/mol. The quantitative estimate of drug-likeness (QED) is 0.155. The van der Waals surface area contributed by atoms with Crippen molar-refractivity contribution in [2.45, 2.75) is 19.3 Å². The van der Waals surface area contributed by atoms with Crippen molar-refractivity contribution >= 4 is 22.8 Å². The van der Waals surface area contributed by atoms with E-state index in [4.69, 9.17) is 0 Å². The molecule has 72 heavy (non-hydrogen) atoms. The minimum atomic E-state index is -0.524. The van der Waals surface area contributed by atoms with E-state index < -0.39 is 5.41 Å². The molecule has 11 aromatic carbocycles. The van der Waals surface area contributed by atoms with Crippen molar-refractivity contribution in [3.05, 3.63) is 293 Å². The van der Waals surface area contributed by atoms with Crippen molar-refractivity contribution < 1.29 is 4.79 Å². The summed E-state index contributed by atoms with van der Waals surface area (Å²) >= 11 is 0. The summed E-state index contributed by atoms with van der Waals surface area (Å²) in [7, 11) is 0. The fourth-order valence-corrected chi connectivity index (χ4v) is 12.6. The smallest absolute Gasteiger partial charge is 0.193 e. The van der Waals surface area contributed by atoms with Crippen molar-refractivity contribution in [3.8, 4) is 77.9 Å². The number of para-hydroxylation sites is 2. The second kappa shape index (κ2) is 16.2. The Bertz CT molecular complexity index is 3920. The van der Waals surface area contributed by atoms with Crippen LogP contribution in [0.4, 0.5) is 17.1 Å². The van der Waals surface area contributed by atoms with Gasteiger partial charge in [0.2, 0.25) is 0 Å². The first-order chi connectivity index (χ1) is 35.5. The normalized spacial score (nSPS) is 12.8. The van der Waals surface area contributed by atoms with Gasteiger partial charge in [0.15, 0.2) is 5.78 Å². The molecule has 0 aromatic heterocycles. The summed E-state index contributed by atoms with van der Waals surface area (Å²) in [5.41, 5.74) is 27.9. The number of hydrogen-bond acceptors (Lipinski definition) is 2. The van der Waals surface area contributed by atoms with Crippen molar-refractivity contribution in [1.29, 1.82) is 0 Å². The lowest BCUT2D eigenvalue weighted by molar-refractivity contribution is 0.103. The molecule has 0 atom stereocenters. The summed E-state index contributed by atoms with van der Waals surface area (Å²) < 4.78 is 0. The van der Waals surface area contributed by atoms with Crippen molar-refractivity contribution in [2.24, 2.45) is 0 Å². The highest BCUT2D eigenvalue weighted by molar-refractivity contribution is 6.13. The molecule has 0 saturated carbocycles. The zero-order valence-electron chi connectivity index (χ0n) is 40.0. The van der Waals surface area contributed by atoms with E-state index in [9.17, 15) is 0 Å². The van der Waals surface area contributed by atoms with Crippen LogP contribution >= 0.6 is 0 Å². The number of benzene rings is 11. The van der Waals surface area contributed by atoms with Gasteiger partial charge < -0.3 is 4.90 Å². The summed E-state index contributed by atoms with van der Waals surface area (Å²) in [4.78, 5) is 17.6. The fourth-order valence-electron chi connectivity index (χ4n) is 12.6. The first-order valence-corrected chi connectivity index (χ1v) is 25.0. The molecule has 0 N–H and O–H groups in total. The number of fused-ring (bicyclic) bond motifs is 18. The van der Waals surface area contributed by atoms with Gasteiger partial charge in [-0.2, -0.15) is 0 Å². The molecule has 14 rings (SSSR count). The number of hydrogen-bond donors (Lipinski definition) is 0. The zero-order chi connectivity index (χ0) is 48.1. The third-order valence-electron chi connectivity index (χ3n) is 15.7. The molecule has 0 saturated heterocycles. The van der Waals surface area contributed by atoms with E-state index in [-0.39, 0.29) is 5.78 Å². The maximum Gasteiger partial charge on any atom is 0.193 e. The van der Waals surface area contributed by atoms with Crippen LogP contribution < -0.4 is 4.90 Å². The predicted octanol–water partition coefficient (Wildman–Crippen LogP) is 18.0. The molecule has 0 aliphatic heterocycles. The third-order valence-corrected chi connectivity index (χ3v) is 15.7. The second-order valence-corrected chi connectivity index (χ2v) is 19.5. The number of anilines is 3. The molecular formula is C70H47NO. The Balaban J connectivity index is 0.880. The average molecular weight is 918 g/mol. The van der Waals surface area contributed by atoms with Crippen molar-refractivity contribution in [3.63, 3.8) is 0 Å². The number of carbonyl (C=O) groups excluding carboxylic acids is 1. The minimum absolute atomic E-state index is 0.0106. The van der Waals surface area contributed by atoms with Gasteiger partial charge in [0.1, 0.15) is 0 Å². The van der Waals surface area contributed by atoms with Crippen LogP contribution in [-0.4, -0.2) is 5.78 Å². The highest BCUT2D eigenvalue weighted by Crippen LogP contribution is 2.63. The van der Waals surface area contributed by atoms with Crippen LogP contribution in [0.15, 0.2) is 249 Å². The molecule has 3 aliphatic carbocycles. The van der Waals surface area contributed by atoms with Crippen LogP contribution in [0, 0.1) is 13.8 Å². The standard InChI is InChI=1S/C70H47NO/c1-44-40-68(71(49-19-5-3-6-20-49)50-21-7-4-8-22-50)45(2)39-61(44)46-33-36-55-52-24-10-12-26-54(52)63-42-47(34-37-56(63)51-23-9-11-25-53(51)62(55)41-46)69(72)48-35-38-60-59-29-15-18-32-66(59)70(67(60)43-48)64-30-16-13-27-57(64)58-28-14-17-31-65(58)70/h3-43H,1-2H3. The molecule has 11 aromatic rings. The maximum atomic E-state index is 15.2. The van der Waals surface area contributed by atoms with Crippen LogP contribution in [-0.2, 0) is 5.41 Å². The van der Waals surface area contributed by atoms with E-state index >= 15 is 4.79 Å². The second-order valence-electron chi connectivity index (χ2n) is 19.5. The molecule has 3 aliphatic rings. The van der Waals surface area contributed by atoms with E-state index in [0.717, 1.165) is 61.6 Å². The Morgan fingerprint density at radius 3 is 1.22 bits per heavy atom. The minimum Gasteiger partial charge on any atom is -0.310 e.